The smallest absolute Gasteiger partial charge is 0.181 e. The Morgan fingerprint density at radius 1 is 1.33 bits per heavy atom. The first-order valence-corrected chi connectivity index (χ1v) is 8.01. The molecule has 1 aliphatic rings. The maximum Gasteiger partial charge on any atom is 0.181 e. The van der Waals surface area contributed by atoms with Crippen LogP contribution in [0.4, 0.5) is 0 Å². The zero-order chi connectivity index (χ0) is 16.9. The summed E-state index contributed by atoms with van der Waals surface area (Å²) in [7, 11) is 3.48. The van der Waals surface area contributed by atoms with E-state index in [0.29, 0.717) is 13.2 Å². The maximum absolute atomic E-state index is 5.88. The van der Waals surface area contributed by atoms with Crippen LogP contribution in [0.15, 0.2) is 18.2 Å². The highest BCUT2D eigenvalue weighted by atomic mass is 16.5. The first-order valence-electron chi connectivity index (χ1n) is 8.01. The molecule has 1 fully saturated rings. The monoisotopic (exact) mass is 333 g/mol. The third-order valence-electron chi connectivity index (χ3n) is 4.08. The van der Waals surface area contributed by atoms with Crippen LogP contribution in [0.25, 0.3) is 0 Å². The summed E-state index contributed by atoms with van der Waals surface area (Å²) >= 11 is 0. The number of morpholine rings is 1. The number of methoxy groups -OCH3 is 1. The van der Waals surface area contributed by atoms with Crippen molar-refractivity contribution in [1.29, 1.82) is 0 Å². The van der Waals surface area contributed by atoms with Crippen LogP contribution in [0.3, 0.4) is 0 Å². The standard InChI is InChI=1S/C16H23N5O3/c1-12-4-5-13(14(10-12)22-3)23-8-6-21-7-9-24-15(11-21)16-17-18-19-20(16)2/h4-5,10,15H,6-9,11H2,1-3H3. The first kappa shape index (κ1) is 16.7. The van der Waals surface area contributed by atoms with Crippen molar-refractivity contribution in [1.82, 2.24) is 25.1 Å². The van der Waals surface area contributed by atoms with Crippen molar-refractivity contribution in [2.75, 3.05) is 40.0 Å². The molecule has 0 amide bonds. The van der Waals surface area contributed by atoms with Crippen molar-refractivity contribution in [3.05, 3.63) is 29.6 Å². The molecule has 24 heavy (non-hydrogen) atoms. The fourth-order valence-corrected chi connectivity index (χ4v) is 2.75. The molecule has 1 aromatic heterocycles. The highest BCUT2D eigenvalue weighted by molar-refractivity contribution is 5.42. The van der Waals surface area contributed by atoms with Crippen LogP contribution in [0, 0.1) is 6.92 Å². The van der Waals surface area contributed by atoms with Gasteiger partial charge in [-0.15, -0.1) is 5.10 Å². The van der Waals surface area contributed by atoms with E-state index in [2.05, 4.69) is 20.4 Å². The number of aryl methyl sites for hydroxylation is 2. The van der Waals surface area contributed by atoms with Gasteiger partial charge in [-0.1, -0.05) is 6.07 Å². The molecule has 1 atom stereocenters. The van der Waals surface area contributed by atoms with Gasteiger partial charge in [0, 0.05) is 26.7 Å². The van der Waals surface area contributed by atoms with E-state index in [9.17, 15) is 0 Å². The van der Waals surface area contributed by atoms with Crippen molar-refractivity contribution in [3.8, 4) is 11.5 Å². The summed E-state index contributed by atoms with van der Waals surface area (Å²) in [6, 6.07) is 5.94. The number of tetrazole rings is 1. The van der Waals surface area contributed by atoms with Crippen LogP contribution in [0.1, 0.15) is 17.5 Å². The lowest BCUT2D eigenvalue weighted by molar-refractivity contribution is -0.0388. The number of hydrogen-bond acceptors (Lipinski definition) is 7. The SMILES string of the molecule is COc1cc(C)ccc1OCCN1CCOC(c2nnnn2C)C1. The molecule has 0 saturated carbocycles. The molecule has 2 aromatic rings. The molecular weight excluding hydrogens is 310 g/mol. The Balaban J connectivity index is 1.53. The molecule has 0 radical (unpaired) electrons. The normalized spacial score (nSPS) is 18.5. The average molecular weight is 333 g/mol. The number of benzene rings is 1. The molecule has 3 rings (SSSR count). The van der Waals surface area contributed by atoms with Gasteiger partial charge in [0.2, 0.25) is 0 Å². The van der Waals surface area contributed by atoms with Gasteiger partial charge in [-0.2, -0.15) is 0 Å². The molecule has 8 nitrogen and oxygen atoms in total. The zero-order valence-corrected chi connectivity index (χ0v) is 14.3. The summed E-state index contributed by atoms with van der Waals surface area (Å²) in [6.07, 6.45) is -0.104. The van der Waals surface area contributed by atoms with Crippen LogP contribution in [-0.2, 0) is 11.8 Å². The van der Waals surface area contributed by atoms with Crippen molar-refractivity contribution in [2.24, 2.45) is 7.05 Å². The van der Waals surface area contributed by atoms with Gasteiger partial charge in [-0.3, -0.25) is 4.90 Å². The van der Waals surface area contributed by atoms with Crippen molar-refractivity contribution >= 4 is 0 Å². The van der Waals surface area contributed by atoms with Crippen LogP contribution in [0.5, 0.6) is 11.5 Å². The molecule has 1 unspecified atom stereocenters. The summed E-state index contributed by atoms with van der Waals surface area (Å²) in [5.74, 6) is 2.28. The minimum absolute atomic E-state index is 0.104. The van der Waals surface area contributed by atoms with Crippen molar-refractivity contribution in [3.63, 3.8) is 0 Å². The lowest BCUT2D eigenvalue weighted by atomic mass is 10.2. The van der Waals surface area contributed by atoms with E-state index in [0.717, 1.165) is 42.5 Å². The molecule has 1 saturated heterocycles. The van der Waals surface area contributed by atoms with E-state index in [1.165, 1.54) is 0 Å². The second-order valence-corrected chi connectivity index (χ2v) is 5.82. The fraction of sp³-hybridized carbons (Fsp3) is 0.562. The van der Waals surface area contributed by atoms with Crippen LogP contribution < -0.4 is 9.47 Å². The van der Waals surface area contributed by atoms with E-state index in [4.69, 9.17) is 14.2 Å². The minimum Gasteiger partial charge on any atom is -0.493 e. The van der Waals surface area contributed by atoms with Gasteiger partial charge in [-0.25, -0.2) is 4.68 Å². The highest BCUT2D eigenvalue weighted by Gasteiger charge is 2.25. The first-order chi connectivity index (χ1) is 11.7. The summed E-state index contributed by atoms with van der Waals surface area (Å²) < 4.78 is 18.7. The van der Waals surface area contributed by atoms with Crippen LogP contribution in [-0.4, -0.2) is 65.1 Å². The number of hydrogen-bond donors (Lipinski definition) is 0. The largest absolute Gasteiger partial charge is 0.493 e. The van der Waals surface area contributed by atoms with Gasteiger partial charge in [0.25, 0.3) is 0 Å². The molecule has 8 heteroatoms. The summed E-state index contributed by atoms with van der Waals surface area (Å²) in [6.45, 7) is 5.71. The van der Waals surface area contributed by atoms with Crippen LogP contribution in [0.2, 0.25) is 0 Å². The molecule has 0 aliphatic carbocycles. The zero-order valence-electron chi connectivity index (χ0n) is 14.3. The molecule has 0 spiro atoms. The van der Waals surface area contributed by atoms with E-state index < -0.39 is 0 Å². The van der Waals surface area contributed by atoms with Crippen molar-refractivity contribution < 1.29 is 14.2 Å². The Bertz CT molecular complexity index is 675. The molecule has 0 bridgehead atoms. The lowest BCUT2D eigenvalue weighted by Crippen LogP contribution is -2.41. The predicted molar refractivity (Wildman–Crippen MR) is 87.2 cm³/mol. The summed E-state index contributed by atoms with van der Waals surface area (Å²) in [5.41, 5.74) is 1.15. The third kappa shape index (κ3) is 3.82. The second-order valence-electron chi connectivity index (χ2n) is 5.82. The molecule has 1 aromatic carbocycles. The van der Waals surface area contributed by atoms with Gasteiger partial charge >= 0.3 is 0 Å². The number of aromatic nitrogens is 4. The Kier molecular flexibility index (Phi) is 5.27. The molecular formula is C16H23N5O3. The number of nitrogens with zero attached hydrogens (tertiary/aromatic N) is 5. The van der Waals surface area contributed by atoms with Gasteiger partial charge in [0.1, 0.15) is 12.7 Å². The summed E-state index contributed by atoms with van der Waals surface area (Å²) in [4.78, 5) is 2.30. The Morgan fingerprint density at radius 3 is 2.96 bits per heavy atom. The van der Waals surface area contributed by atoms with E-state index in [1.54, 1.807) is 11.8 Å². The molecule has 0 N–H and O–H groups in total. The Morgan fingerprint density at radius 2 is 2.21 bits per heavy atom. The maximum atomic E-state index is 5.88. The van der Waals surface area contributed by atoms with Crippen LogP contribution >= 0.6 is 0 Å². The Hall–Kier alpha value is -2.19. The second kappa shape index (κ2) is 7.59. The quantitative estimate of drug-likeness (QED) is 0.780. The van der Waals surface area contributed by atoms with Gasteiger partial charge < -0.3 is 14.2 Å². The molecule has 2 heterocycles. The average Bonchev–Trinajstić information content (AvgIpc) is 3.02. The number of rotatable bonds is 6. The van der Waals surface area contributed by atoms with Gasteiger partial charge in [0.05, 0.1) is 13.7 Å². The molecule has 130 valence electrons. The highest BCUT2D eigenvalue weighted by Crippen LogP contribution is 2.27. The minimum atomic E-state index is -0.104. The Labute approximate surface area is 141 Å². The van der Waals surface area contributed by atoms with E-state index >= 15 is 0 Å². The molecule has 1 aliphatic heterocycles. The topological polar surface area (TPSA) is 74.5 Å². The van der Waals surface area contributed by atoms with E-state index in [1.807, 2.05) is 32.2 Å². The fourth-order valence-electron chi connectivity index (χ4n) is 2.75. The van der Waals surface area contributed by atoms with Gasteiger partial charge in [0.15, 0.2) is 17.3 Å². The number of ether oxygens (including phenoxy) is 3. The van der Waals surface area contributed by atoms with Gasteiger partial charge in [-0.05, 0) is 35.0 Å². The van der Waals surface area contributed by atoms with E-state index in [-0.39, 0.29) is 6.10 Å². The summed E-state index contributed by atoms with van der Waals surface area (Å²) in [5, 5.41) is 11.6. The lowest BCUT2D eigenvalue weighted by Gasteiger charge is -2.31. The van der Waals surface area contributed by atoms with Crippen molar-refractivity contribution in [2.45, 2.75) is 13.0 Å². The third-order valence-corrected chi connectivity index (χ3v) is 4.08. The predicted octanol–water partition coefficient (Wildman–Crippen LogP) is 0.979.